The Labute approximate surface area is 152 Å². The van der Waals surface area contributed by atoms with Crippen molar-refractivity contribution in [3.63, 3.8) is 0 Å². The van der Waals surface area contributed by atoms with Crippen molar-refractivity contribution in [2.24, 2.45) is 0 Å². The Morgan fingerprint density at radius 1 is 1.00 bits per heavy atom. The van der Waals surface area contributed by atoms with Crippen molar-refractivity contribution >= 4 is 23.5 Å². The lowest BCUT2D eigenvalue weighted by atomic mass is 9.95. The first-order valence-electron chi connectivity index (χ1n) is 8.32. The number of benzene rings is 2. The summed E-state index contributed by atoms with van der Waals surface area (Å²) in [7, 11) is 1.00. The van der Waals surface area contributed by atoms with E-state index in [1.807, 2.05) is 30.5 Å². The predicted molar refractivity (Wildman–Crippen MR) is 102 cm³/mol. The summed E-state index contributed by atoms with van der Waals surface area (Å²) in [5.74, 6) is 0. The minimum Gasteiger partial charge on any atom is -0.400 e. The van der Waals surface area contributed by atoms with E-state index in [-0.39, 0.29) is 0 Å². The van der Waals surface area contributed by atoms with Gasteiger partial charge in [-0.05, 0) is 47.1 Å². The number of aliphatic hydroxyl groups is 1. The summed E-state index contributed by atoms with van der Waals surface area (Å²) in [6, 6.07) is 13.8. The number of hydrogen-bond donors (Lipinski definition) is 2. The van der Waals surface area contributed by atoms with Crippen molar-refractivity contribution in [2.75, 3.05) is 7.11 Å². The van der Waals surface area contributed by atoms with E-state index < -0.39 is 0 Å². The fourth-order valence-corrected chi connectivity index (χ4v) is 2.95. The lowest BCUT2D eigenvalue weighted by molar-refractivity contribution is -0.109. The molecule has 1 amide bonds. The second kappa shape index (κ2) is 10.1. The van der Waals surface area contributed by atoms with Crippen LogP contribution in [0.15, 0.2) is 54.9 Å². The SMILES string of the molecule is CO.O=CNCc1ccc(C=O)cc1CCc1cccc2cnccc12. The molecule has 5 heteroatoms. The van der Waals surface area contributed by atoms with Gasteiger partial charge < -0.3 is 10.4 Å². The van der Waals surface area contributed by atoms with Gasteiger partial charge in [0.2, 0.25) is 6.41 Å². The van der Waals surface area contributed by atoms with Crippen LogP contribution in [0.2, 0.25) is 0 Å². The van der Waals surface area contributed by atoms with Gasteiger partial charge in [0.05, 0.1) is 0 Å². The molecule has 5 nitrogen and oxygen atoms in total. The maximum Gasteiger partial charge on any atom is 0.207 e. The first-order chi connectivity index (χ1) is 12.8. The fraction of sp³-hybridized carbons (Fsp3) is 0.190. The van der Waals surface area contributed by atoms with E-state index in [4.69, 9.17) is 5.11 Å². The lowest BCUT2D eigenvalue weighted by Crippen LogP contribution is -2.12. The van der Waals surface area contributed by atoms with Gasteiger partial charge >= 0.3 is 0 Å². The molecule has 0 aliphatic heterocycles. The van der Waals surface area contributed by atoms with Crippen LogP contribution in [0.1, 0.15) is 27.0 Å². The van der Waals surface area contributed by atoms with Crippen molar-refractivity contribution in [1.29, 1.82) is 0 Å². The molecule has 0 aliphatic rings. The Bertz CT molecular complexity index is 873. The number of pyridine rings is 1. The number of nitrogens with zero attached hydrogens (tertiary/aromatic N) is 1. The van der Waals surface area contributed by atoms with Crippen molar-refractivity contribution in [2.45, 2.75) is 19.4 Å². The number of aldehydes is 1. The van der Waals surface area contributed by atoms with E-state index in [0.717, 1.165) is 42.8 Å². The minimum atomic E-state index is 0.470. The molecule has 26 heavy (non-hydrogen) atoms. The lowest BCUT2D eigenvalue weighted by Gasteiger charge is -2.11. The second-order valence-corrected chi connectivity index (χ2v) is 5.66. The molecular weight excluding hydrogens is 328 g/mol. The zero-order chi connectivity index (χ0) is 18.8. The number of hydrogen-bond acceptors (Lipinski definition) is 4. The Kier molecular flexibility index (Phi) is 7.46. The Morgan fingerprint density at radius 2 is 1.81 bits per heavy atom. The van der Waals surface area contributed by atoms with Crippen LogP contribution in [0.4, 0.5) is 0 Å². The molecule has 3 rings (SSSR count). The average molecular weight is 350 g/mol. The minimum absolute atomic E-state index is 0.470. The highest BCUT2D eigenvalue weighted by Gasteiger charge is 2.07. The van der Waals surface area contributed by atoms with E-state index in [1.54, 1.807) is 12.3 Å². The summed E-state index contributed by atoms with van der Waals surface area (Å²) >= 11 is 0. The predicted octanol–water partition coefficient (Wildman–Crippen LogP) is 2.69. The highest BCUT2D eigenvalue weighted by molar-refractivity contribution is 5.84. The molecule has 0 bridgehead atoms. The van der Waals surface area contributed by atoms with Crippen LogP contribution in [0.25, 0.3) is 10.8 Å². The molecule has 0 radical (unpaired) electrons. The molecule has 1 heterocycles. The number of carbonyl (C=O) groups is 2. The first kappa shape index (κ1) is 19.3. The molecular formula is C21H22N2O3. The van der Waals surface area contributed by atoms with Gasteiger partial charge in [-0.2, -0.15) is 0 Å². The van der Waals surface area contributed by atoms with E-state index in [2.05, 4.69) is 22.4 Å². The molecule has 0 fully saturated rings. The molecule has 0 saturated heterocycles. The Hall–Kier alpha value is -3.05. The van der Waals surface area contributed by atoms with E-state index in [0.29, 0.717) is 18.5 Å². The molecule has 1 aromatic heterocycles. The molecule has 0 atom stereocenters. The van der Waals surface area contributed by atoms with Gasteiger partial charge in [0, 0.05) is 37.0 Å². The van der Waals surface area contributed by atoms with Crippen LogP contribution in [0.3, 0.4) is 0 Å². The third-order valence-electron chi connectivity index (χ3n) is 4.18. The third-order valence-corrected chi connectivity index (χ3v) is 4.18. The molecule has 2 aromatic carbocycles. The zero-order valence-electron chi connectivity index (χ0n) is 14.7. The quantitative estimate of drug-likeness (QED) is 0.642. The number of aromatic nitrogens is 1. The molecule has 0 saturated carbocycles. The third kappa shape index (κ3) is 4.74. The Morgan fingerprint density at radius 3 is 2.58 bits per heavy atom. The van der Waals surface area contributed by atoms with E-state index >= 15 is 0 Å². The number of aliphatic hydroxyl groups excluding tert-OH is 1. The van der Waals surface area contributed by atoms with Crippen LogP contribution >= 0.6 is 0 Å². The van der Waals surface area contributed by atoms with E-state index in [1.165, 1.54) is 10.9 Å². The van der Waals surface area contributed by atoms with Gasteiger partial charge in [0.15, 0.2) is 0 Å². The molecule has 3 aromatic rings. The summed E-state index contributed by atoms with van der Waals surface area (Å²) in [4.78, 5) is 25.8. The maximum atomic E-state index is 11.1. The number of rotatable bonds is 7. The van der Waals surface area contributed by atoms with Crippen molar-refractivity contribution < 1.29 is 14.7 Å². The molecule has 0 spiro atoms. The fourth-order valence-electron chi connectivity index (χ4n) is 2.95. The summed E-state index contributed by atoms with van der Waals surface area (Å²) in [6.45, 7) is 0.470. The summed E-state index contributed by atoms with van der Waals surface area (Å²) in [5.41, 5.74) is 4.03. The highest BCUT2D eigenvalue weighted by atomic mass is 16.2. The van der Waals surface area contributed by atoms with Crippen LogP contribution in [0.5, 0.6) is 0 Å². The van der Waals surface area contributed by atoms with Gasteiger partial charge in [-0.1, -0.05) is 30.3 Å². The number of carbonyl (C=O) groups excluding carboxylic acids is 2. The van der Waals surface area contributed by atoms with Crippen LogP contribution in [0, 0.1) is 0 Å². The summed E-state index contributed by atoms with van der Waals surface area (Å²) in [5, 5.41) is 12.0. The van der Waals surface area contributed by atoms with Gasteiger partial charge in [0.1, 0.15) is 6.29 Å². The Balaban J connectivity index is 0.00000117. The monoisotopic (exact) mass is 350 g/mol. The summed E-state index contributed by atoms with van der Waals surface area (Å²) < 4.78 is 0. The summed E-state index contributed by atoms with van der Waals surface area (Å²) in [6.07, 6.45) is 6.87. The average Bonchev–Trinajstić information content (AvgIpc) is 2.72. The topological polar surface area (TPSA) is 79.3 Å². The standard InChI is InChI=1S/C20H18N2O2.CH4O/c23-13-15-4-5-18(11-22-14-24)17(10-15)7-6-16-2-1-3-19-12-21-9-8-20(16)19;1-2/h1-5,8-10,12-14H,6-7,11H2,(H,22,24);2H,1H3. The molecule has 0 unspecified atom stereocenters. The molecule has 0 aliphatic carbocycles. The number of aryl methyl sites for hydroxylation is 2. The largest absolute Gasteiger partial charge is 0.400 e. The van der Waals surface area contributed by atoms with Crippen LogP contribution in [-0.2, 0) is 24.2 Å². The van der Waals surface area contributed by atoms with Crippen LogP contribution < -0.4 is 5.32 Å². The molecule has 2 N–H and O–H groups in total. The first-order valence-corrected chi connectivity index (χ1v) is 8.32. The molecule has 134 valence electrons. The van der Waals surface area contributed by atoms with Gasteiger partial charge in [-0.3, -0.25) is 14.6 Å². The van der Waals surface area contributed by atoms with Crippen molar-refractivity contribution in [3.05, 3.63) is 77.1 Å². The smallest absolute Gasteiger partial charge is 0.207 e. The van der Waals surface area contributed by atoms with Gasteiger partial charge in [-0.25, -0.2) is 0 Å². The number of amides is 1. The van der Waals surface area contributed by atoms with Crippen LogP contribution in [-0.4, -0.2) is 29.9 Å². The maximum absolute atomic E-state index is 11.1. The normalized spacial score (nSPS) is 9.92. The number of nitrogens with one attached hydrogen (secondary N) is 1. The zero-order valence-corrected chi connectivity index (χ0v) is 14.7. The van der Waals surface area contributed by atoms with Crippen molar-refractivity contribution in [1.82, 2.24) is 10.3 Å². The second-order valence-electron chi connectivity index (χ2n) is 5.66. The van der Waals surface area contributed by atoms with E-state index in [9.17, 15) is 9.59 Å². The van der Waals surface area contributed by atoms with Gasteiger partial charge in [0.25, 0.3) is 0 Å². The van der Waals surface area contributed by atoms with Gasteiger partial charge in [-0.15, -0.1) is 0 Å². The highest BCUT2D eigenvalue weighted by Crippen LogP contribution is 2.21. The number of fused-ring (bicyclic) bond motifs is 1. The van der Waals surface area contributed by atoms with Crippen molar-refractivity contribution in [3.8, 4) is 0 Å².